The first kappa shape index (κ1) is 13.6. The second kappa shape index (κ2) is 7.76. The topological polar surface area (TPSA) is 29.1 Å². The molecule has 0 heterocycles. The third kappa shape index (κ3) is 5.58. The van der Waals surface area contributed by atoms with Gasteiger partial charge in [-0.15, -0.1) is 0 Å². The molecule has 0 radical (unpaired) electrons. The molecule has 0 spiro atoms. The number of hydrogen-bond donors (Lipinski definition) is 2. The average Bonchev–Trinajstić information content (AvgIpc) is 2.29. The van der Waals surface area contributed by atoms with Crippen LogP contribution >= 0.6 is 24.4 Å². The van der Waals surface area contributed by atoms with Crippen LogP contribution in [0.1, 0.15) is 17.3 Å². The molecule has 0 aromatic heterocycles. The van der Waals surface area contributed by atoms with Gasteiger partial charge in [0.15, 0.2) is 0 Å². The number of carbonyl (C=O) groups is 1. The number of nitrogens with one attached hydrogen (secondary N) is 1. The lowest BCUT2D eigenvalue weighted by Crippen LogP contribution is -2.24. The van der Waals surface area contributed by atoms with Crippen molar-refractivity contribution in [3.63, 3.8) is 0 Å². The summed E-state index contributed by atoms with van der Waals surface area (Å²) < 4.78 is 0. The number of thiol groups is 1. The van der Waals surface area contributed by atoms with Crippen molar-refractivity contribution in [1.82, 2.24) is 5.32 Å². The molecule has 4 heteroatoms. The first-order chi connectivity index (χ1) is 7.70. The molecule has 0 aliphatic carbocycles. The third-order valence-corrected chi connectivity index (χ3v) is 3.05. The summed E-state index contributed by atoms with van der Waals surface area (Å²) in [4.78, 5) is 11.7. The van der Waals surface area contributed by atoms with Gasteiger partial charge in [-0.2, -0.15) is 12.6 Å². The van der Waals surface area contributed by atoms with Gasteiger partial charge >= 0.3 is 0 Å². The Morgan fingerprint density at radius 1 is 1.44 bits per heavy atom. The first-order valence-corrected chi connectivity index (χ1v) is 6.81. The molecule has 1 atom stereocenters. The van der Waals surface area contributed by atoms with E-state index in [1.807, 2.05) is 37.3 Å². The van der Waals surface area contributed by atoms with E-state index in [9.17, 15) is 4.79 Å². The van der Waals surface area contributed by atoms with Crippen molar-refractivity contribution in [3.8, 4) is 0 Å². The van der Waals surface area contributed by atoms with Crippen LogP contribution in [0.3, 0.4) is 0 Å². The van der Waals surface area contributed by atoms with Gasteiger partial charge in [0, 0.05) is 29.7 Å². The largest absolute Gasteiger partial charge is 0.315 e. The monoisotopic (exact) mass is 255 g/mol. The molecule has 0 bridgehead atoms. The normalized spacial score (nSPS) is 12.4. The highest BCUT2D eigenvalue weighted by molar-refractivity contribution is 8.14. The van der Waals surface area contributed by atoms with Crippen LogP contribution in [0.25, 0.3) is 0 Å². The van der Waals surface area contributed by atoms with Crippen LogP contribution in [0.15, 0.2) is 30.3 Å². The molecular formula is C12H17NOS2. The van der Waals surface area contributed by atoms with Crippen molar-refractivity contribution in [2.75, 3.05) is 18.8 Å². The standard InChI is InChI=1S/C12H17NOS2/c1-10(15)9-13-7-8-16-12(14)11-5-3-2-4-6-11/h2-6,10,13,15H,7-9H2,1H3/t10-/m1/s1. The van der Waals surface area contributed by atoms with Gasteiger partial charge in [-0.05, 0) is 0 Å². The van der Waals surface area contributed by atoms with Crippen LogP contribution in [0.5, 0.6) is 0 Å². The van der Waals surface area contributed by atoms with Gasteiger partial charge in [-0.25, -0.2) is 0 Å². The summed E-state index contributed by atoms with van der Waals surface area (Å²) in [7, 11) is 0. The predicted octanol–water partition coefficient (Wildman–Crippen LogP) is 2.47. The Bertz CT molecular complexity index is 314. The van der Waals surface area contributed by atoms with Crippen LogP contribution < -0.4 is 5.32 Å². The molecule has 16 heavy (non-hydrogen) atoms. The summed E-state index contributed by atoms with van der Waals surface area (Å²) in [6.45, 7) is 3.76. The molecule has 0 amide bonds. The lowest BCUT2D eigenvalue weighted by atomic mass is 10.2. The third-order valence-electron chi connectivity index (χ3n) is 1.96. The van der Waals surface area contributed by atoms with E-state index in [0.29, 0.717) is 5.25 Å². The fraction of sp³-hybridized carbons (Fsp3) is 0.417. The molecular weight excluding hydrogens is 238 g/mol. The Labute approximate surface area is 107 Å². The van der Waals surface area contributed by atoms with Gasteiger partial charge in [-0.1, -0.05) is 49.0 Å². The highest BCUT2D eigenvalue weighted by Crippen LogP contribution is 2.11. The van der Waals surface area contributed by atoms with Crippen molar-refractivity contribution in [1.29, 1.82) is 0 Å². The summed E-state index contributed by atoms with van der Waals surface area (Å²) in [6.07, 6.45) is 0. The second-order valence-corrected chi connectivity index (χ2v) is 5.50. The number of rotatable bonds is 6. The molecule has 1 aromatic carbocycles. The maximum atomic E-state index is 11.7. The van der Waals surface area contributed by atoms with Gasteiger partial charge in [0.2, 0.25) is 5.12 Å². The second-order valence-electron chi connectivity index (χ2n) is 3.56. The fourth-order valence-corrected chi connectivity index (χ4v) is 2.05. The van der Waals surface area contributed by atoms with E-state index in [2.05, 4.69) is 17.9 Å². The SMILES string of the molecule is C[C@@H](S)CNCCSC(=O)c1ccccc1. The Balaban J connectivity index is 2.16. The number of benzene rings is 1. The van der Waals surface area contributed by atoms with Crippen LogP contribution in [-0.4, -0.2) is 29.2 Å². The molecule has 1 N–H and O–H groups in total. The van der Waals surface area contributed by atoms with Gasteiger partial charge in [-0.3, -0.25) is 4.79 Å². The van der Waals surface area contributed by atoms with E-state index in [4.69, 9.17) is 0 Å². The predicted molar refractivity (Wildman–Crippen MR) is 74.5 cm³/mol. The zero-order chi connectivity index (χ0) is 11.8. The van der Waals surface area contributed by atoms with Crippen molar-refractivity contribution < 1.29 is 4.79 Å². The molecule has 0 saturated carbocycles. The minimum absolute atomic E-state index is 0.140. The van der Waals surface area contributed by atoms with E-state index in [1.54, 1.807) is 0 Å². The lowest BCUT2D eigenvalue weighted by molar-refractivity contribution is 0.108. The Morgan fingerprint density at radius 2 is 2.12 bits per heavy atom. The van der Waals surface area contributed by atoms with E-state index in [-0.39, 0.29) is 5.12 Å². The highest BCUT2D eigenvalue weighted by Gasteiger charge is 2.04. The molecule has 1 aromatic rings. The van der Waals surface area contributed by atoms with E-state index < -0.39 is 0 Å². The zero-order valence-corrected chi connectivity index (χ0v) is 11.1. The van der Waals surface area contributed by atoms with Gasteiger partial charge < -0.3 is 5.32 Å². The zero-order valence-electron chi connectivity index (χ0n) is 9.35. The van der Waals surface area contributed by atoms with Gasteiger partial charge in [0.25, 0.3) is 0 Å². The Morgan fingerprint density at radius 3 is 2.75 bits per heavy atom. The summed E-state index contributed by atoms with van der Waals surface area (Å²) in [5.74, 6) is 0.800. The molecule has 0 aliphatic rings. The summed E-state index contributed by atoms with van der Waals surface area (Å²) >= 11 is 5.62. The van der Waals surface area contributed by atoms with Crippen LogP contribution in [0.2, 0.25) is 0 Å². The number of thioether (sulfide) groups is 1. The molecule has 0 saturated heterocycles. The molecule has 88 valence electrons. The molecule has 2 nitrogen and oxygen atoms in total. The van der Waals surface area contributed by atoms with E-state index in [1.165, 1.54) is 11.8 Å². The first-order valence-electron chi connectivity index (χ1n) is 5.31. The molecule has 1 rings (SSSR count). The number of hydrogen-bond acceptors (Lipinski definition) is 4. The summed E-state index contributed by atoms with van der Waals surface area (Å²) in [5.41, 5.74) is 0.773. The van der Waals surface area contributed by atoms with Crippen LogP contribution in [0, 0.1) is 0 Å². The maximum Gasteiger partial charge on any atom is 0.219 e. The van der Waals surface area contributed by atoms with Gasteiger partial charge in [0.1, 0.15) is 0 Å². The van der Waals surface area contributed by atoms with Crippen LogP contribution in [0.4, 0.5) is 0 Å². The van der Waals surface area contributed by atoms with E-state index in [0.717, 1.165) is 24.4 Å². The van der Waals surface area contributed by atoms with Crippen molar-refractivity contribution in [3.05, 3.63) is 35.9 Å². The summed E-state index contributed by atoms with van der Waals surface area (Å²) in [6, 6.07) is 9.37. The highest BCUT2D eigenvalue weighted by atomic mass is 32.2. The molecule has 0 unspecified atom stereocenters. The van der Waals surface area contributed by atoms with E-state index >= 15 is 0 Å². The number of carbonyl (C=O) groups excluding carboxylic acids is 1. The van der Waals surface area contributed by atoms with Crippen LogP contribution in [-0.2, 0) is 0 Å². The quantitative estimate of drug-likeness (QED) is 0.604. The maximum absolute atomic E-state index is 11.7. The van der Waals surface area contributed by atoms with Crippen molar-refractivity contribution in [2.24, 2.45) is 0 Å². The van der Waals surface area contributed by atoms with Gasteiger partial charge in [0.05, 0.1) is 0 Å². The fourth-order valence-electron chi connectivity index (χ4n) is 1.18. The average molecular weight is 255 g/mol. The Hall–Kier alpha value is -0.450. The van der Waals surface area contributed by atoms with Crippen molar-refractivity contribution >= 4 is 29.5 Å². The minimum Gasteiger partial charge on any atom is -0.315 e. The van der Waals surface area contributed by atoms with Crippen molar-refractivity contribution in [2.45, 2.75) is 12.2 Å². The summed E-state index contributed by atoms with van der Waals surface area (Å²) in [5, 5.41) is 3.74. The molecule has 0 fully saturated rings. The molecule has 0 aliphatic heterocycles. The lowest BCUT2D eigenvalue weighted by Gasteiger charge is -2.05. The Kier molecular flexibility index (Phi) is 6.61. The minimum atomic E-state index is 0.140. The smallest absolute Gasteiger partial charge is 0.219 e.